The molecule has 1 aromatic carbocycles. The average molecular weight is 233 g/mol. The normalized spacial score (nSPS) is 10.1. The highest BCUT2D eigenvalue weighted by Gasteiger charge is 2.03. The summed E-state index contributed by atoms with van der Waals surface area (Å²) < 4.78 is 5.18. The molecule has 0 aliphatic heterocycles. The molecular formula is C11H11N3OS. The molecule has 5 heteroatoms. The Labute approximate surface area is 98.4 Å². The van der Waals surface area contributed by atoms with E-state index in [0.29, 0.717) is 5.88 Å². The van der Waals surface area contributed by atoms with Crippen LogP contribution in [0.3, 0.4) is 0 Å². The third-order valence-electron chi connectivity index (χ3n) is 2.19. The Morgan fingerprint density at radius 1 is 1.44 bits per heavy atom. The third kappa shape index (κ3) is 2.04. The first kappa shape index (κ1) is 10.6. The topological polar surface area (TPSA) is 60.2 Å². The average Bonchev–Trinajstić information content (AvgIpc) is 2.27. The van der Waals surface area contributed by atoms with Crippen LogP contribution in [-0.2, 0) is 0 Å². The van der Waals surface area contributed by atoms with E-state index < -0.39 is 0 Å². The van der Waals surface area contributed by atoms with Gasteiger partial charge in [0.05, 0.1) is 7.11 Å². The Morgan fingerprint density at radius 2 is 2.25 bits per heavy atom. The summed E-state index contributed by atoms with van der Waals surface area (Å²) in [5, 5.41) is 5.09. The van der Waals surface area contributed by atoms with Crippen LogP contribution in [0.5, 0.6) is 5.88 Å². The van der Waals surface area contributed by atoms with Gasteiger partial charge in [-0.2, -0.15) is 0 Å². The van der Waals surface area contributed by atoms with Crippen molar-refractivity contribution in [3.8, 4) is 5.88 Å². The van der Waals surface area contributed by atoms with E-state index in [1.807, 2.05) is 24.3 Å². The van der Waals surface area contributed by atoms with E-state index >= 15 is 0 Å². The van der Waals surface area contributed by atoms with Gasteiger partial charge >= 0.3 is 0 Å². The largest absolute Gasteiger partial charge is 0.481 e. The van der Waals surface area contributed by atoms with Crippen molar-refractivity contribution in [2.45, 2.75) is 0 Å². The first-order chi connectivity index (χ1) is 7.70. The molecule has 0 saturated carbocycles. The van der Waals surface area contributed by atoms with Crippen LogP contribution in [0.2, 0.25) is 0 Å². The quantitative estimate of drug-likeness (QED) is 0.776. The number of nitrogens with zero attached hydrogens (tertiary/aromatic N) is 1. The molecule has 2 aromatic rings. The van der Waals surface area contributed by atoms with Crippen molar-refractivity contribution in [3.63, 3.8) is 0 Å². The van der Waals surface area contributed by atoms with E-state index in [1.54, 1.807) is 13.3 Å². The number of hydrogen-bond acceptors (Lipinski definition) is 3. The highest BCUT2D eigenvalue weighted by Crippen LogP contribution is 2.25. The fourth-order valence-electron chi connectivity index (χ4n) is 1.52. The van der Waals surface area contributed by atoms with Gasteiger partial charge in [0.2, 0.25) is 5.88 Å². The van der Waals surface area contributed by atoms with Crippen molar-refractivity contribution in [1.82, 2.24) is 4.98 Å². The van der Waals surface area contributed by atoms with Gasteiger partial charge in [0.15, 0.2) is 5.11 Å². The molecule has 0 amide bonds. The molecule has 0 aliphatic carbocycles. The van der Waals surface area contributed by atoms with Gasteiger partial charge in [-0.3, -0.25) is 0 Å². The van der Waals surface area contributed by atoms with Crippen LogP contribution in [0.25, 0.3) is 10.8 Å². The Balaban J connectivity index is 2.54. The summed E-state index contributed by atoms with van der Waals surface area (Å²) in [6.45, 7) is 0. The SMILES string of the molecule is COc1nccc2ccc(NC(N)=S)cc12. The van der Waals surface area contributed by atoms with Crippen LogP contribution in [0.4, 0.5) is 5.69 Å². The first-order valence-corrected chi connectivity index (χ1v) is 5.11. The van der Waals surface area contributed by atoms with E-state index in [4.69, 9.17) is 22.7 Å². The molecule has 3 N–H and O–H groups in total. The van der Waals surface area contributed by atoms with Crippen molar-refractivity contribution in [2.75, 3.05) is 12.4 Å². The van der Waals surface area contributed by atoms with Crippen LogP contribution >= 0.6 is 12.2 Å². The van der Waals surface area contributed by atoms with Crippen LogP contribution in [-0.4, -0.2) is 17.2 Å². The van der Waals surface area contributed by atoms with Gasteiger partial charge in [-0.1, -0.05) is 6.07 Å². The molecule has 0 fully saturated rings. The zero-order valence-corrected chi connectivity index (χ0v) is 9.54. The van der Waals surface area contributed by atoms with E-state index in [0.717, 1.165) is 16.5 Å². The van der Waals surface area contributed by atoms with Gasteiger partial charge in [-0.05, 0) is 35.8 Å². The number of hydrogen-bond donors (Lipinski definition) is 2. The highest BCUT2D eigenvalue weighted by atomic mass is 32.1. The summed E-state index contributed by atoms with van der Waals surface area (Å²) in [5.41, 5.74) is 6.24. The Kier molecular flexibility index (Phi) is 2.87. The van der Waals surface area contributed by atoms with Crippen LogP contribution < -0.4 is 15.8 Å². The molecule has 0 aliphatic rings. The Bertz CT molecular complexity index is 542. The minimum Gasteiger partial charge on any atom is -0.481 e. The highest BCUT2D eigenvalue weighted by molar-refractivity contribution is 7.80. The molecule has 0 atom stereocenters. The van der Waals surface area contributed by atoms with Gasteiger partial charge in [-0.15, -0.1) is 0 Å². The molecule has 1 heterocycles. The van der Waals surface area contributed by atoms with E-state index in [2.05, 4.69) is 10.3 Å². The van der Waals surface area contributed by atoms with E-state index in [9.17, 15) is 0 Å². The number of thiocarbonyl (C=S) groups is 1. The number of benzene rings is 1. The van der Waals surface area contributed by atoms with Gasteiger partial charge in [0.25, 0.3) is 0 Å². The minimum absolute atomic E-state index is 0.238. The molecule has 4 nitrogen and oxygen atoms in total. The summed E-state index contributed by atoms with van der Waals surface area (Å²) in [5.74, 6) is 0.587. The lowest BCUT2D eigenvalue weighted by molar-refractivity contribution is 0.403. The van der Waals surface area contributed by atoms with Gasteiger partial charge in [-0.25, -0.2) is 4.98 Å². The maximum absolute atomic E-state index is 5.41. The number of ether oxygens (including phenoxy) is 1. The molecule has 0 spiro atoms. The number of aromatic nitrogens is 1. The second-order valence-electron chi connectivity index (χ2n) is 3.25. The van der Waals surface area contributed by atoms with E-state index in [-0.39, 0.29) is 5.11 Å². The molecule has 0 radical (unpaired) electrons. The van der Waals surface area contributed by atoms with Gasteiger partial charge in [0.1, 0.15) is 0 Å². The fraction of sp³-hybridized carbons (Fsp3) is 0.0909. The van der Waals surface area contributed by atoms with Gasteiger partial charge in [0, 0.05) is 17.3 Å². The smallest absolute Gasteiger partial charge is 0.221 e. The fourth-order valence-corrected chi connectivity index (χ4v) is 1.64. The number of nitrogens with one attached hydrogen (secondary N) is 1. The number of fused-ring (bicyclic) bond motifs is 1. The first-order valence-electron chi connectivity index (χ1n) is 4.70. The maximum atomic E-state index is 5.41. The summed E-state index contributed by atoms with van der Waals surface area (Å²) in [6.07, 6.45) is 1.71. The lowest BCUT2D eigenvalue weighted by Crippen LogP contribution is -2.18. The molecular weight excluding hydrogens is 222 g/mol. The summed E-state index contributed by atoms with van der Waals surface area (Å²) in [4.78, 5) is 4.13. The van der Waals surface area contributed by atoms with Crippen molar-refractivity contribution in [2.24, 2.45) is 5.73 Å². The Hall–Kier alpha value is -1.88. The molecule has 2 rings (SSSR count). The standard InChI is InChI=1S/C11H11N3OS/c1-15-10-9-6-8(14-11(12)16)3-2-7(9)4-5-13-10/h2-6H,1H3,(H3,12,14,16). The second-order valence-corrected chi connectivity index (χ2v) is 3.69. The molecule has 1 aromatic heterocycles. The lowest BCUT2D eigenvalue weighted by atomic mass is 10.1. The van der Waals surface area contributed by atoms with Crippen molar-refractivity contribution >= 4 is 33.8 Å². The van der Waals surface area contributed by atoms with Gasteiger partial charge < -0.3 is 15.8 Å². The summed E-state index contributed by atoms with van der Waals surface area (Å²) >= 11 is 4.78. The summed E-state index contributed by atoms with van der Waals surface area (Å²) in [7, 11) is 1.59. The van der Waals surface area contributed by atoms with Crippen LogP contribution in [0.1, 0.15) is 0 Å². The zero-order valence-electron chi connectivity index (χ0n) is 8.73. The van der Waals surface area contributed by atoms with Crippen molar-refractivity contribution < 1.29 is 4.74 Å². The van der Waals surface area contributed by atoms with E-state index in [1.165, 1.54) is 0 Å². The maximum Gasteiger partial charge on any atom is 0.221 e. The zero-order chi connectivity index (χ0) is 11.5. The van der Waals surface area contributed by atoms with Crippen LogP contribution in [0, 0.1) is 0 Å². The number of methoxy groups -OCH3 is 1. The monoisotopic (exact) mass is 233 g/mol. The predicted octanol–water partition coefficient (Wildman–Crippen LogP) is 1.90. The lowest BCUT2D eigenvalue weighted by Gasteiger charge is -2.07. The molecule has 82 valence electrons. The molecule has 16 heavy (non-hydrogen) atoms. The molecule has 0 unspecified atom stereocenters. The number of anilines is 1. The molecule has 0 bridgehead atoms. The number of rotatable bonds is 2. The predicted molar refractivity (Wildman–Crippen MR) is 68.7 cm³/mol. The molecule has 0 saturated heterocycles. The van der Waals surface area contributed by atoms with Crippen molar-refractivity contribution in [1.29, 1.82) is 0 Å². The minimum atomic E-state index is 0.238. The number of nitrogens with two attached hydrogens (primary N) is 1. The Morgan fingerprint density at radius 3 is 2.94 bits per heavy atom. The third-order valence-corrected chi connectivity index (χ3v) is 2.29. The van der Waals surface area contributed by atoms with Crippen molar-refractivity contribution in [3.05, 3.63) is 30.5 Å². The summed E-state index contributed by atoms with van der Waals surface area (Å²) in [6, 6.07) is 7.68. The van der Waals surface area contributed by atoms with Crippen LogP contribution in [0.15, 0.2) is 30.5 Å². The second kappa shape index (κ2) is 4.32. The number of pyridine rings is 1.